The standard InChI is InChI=1S/C26H22N2O6S/c1-13-11-14(2)20-18(12-13)35-26(27-20)28-21(15-7-5-8-17(32-3)24(15)33-4)19(23(30)25(28)31)22(29)16-9-6-10-34-16/h5-12,21,30H,1-4H3/t21-/m0/s1. The summed E-state index contributed by atoms with van der Waals surface area (Å²) in [5.74, 6) is -1.23. The van der Waals surface area contributed by atoms with Crippen molar-refractivity contribution in [2.75, 3.05) is 19.1 Å². The predicted molar refractivity (Wildman–Crippen MR) is 132 cm³/mol. The summed E-state index contributed by atoms with van der Waals surface area (Å²) in [4.78, 5) is 33.0. The normalized spacial score (nSPS) is 15.8. The lowest BCUT2D eigenvalue weighted by Crippen LogP contribution is -2.31. The summed E-state index contributed by atoms with van der Waals surface area (Å²) in [7, 11) is 2.98. The van der Waals surface area contributed by atoms with Gasteiger partial charge in [0.1, 0.15) is 6.04 Å². The zero-order valence-electron chi connectivity index (χ0n) is 19.5. The molecule has 0 aliphatic carbocycles. The Balaban J connectivity index is 1.75. The Morgan fingerprint density at radius 1 is 1.14 bits per heavy atom. The number of furan rings is 1. The van der Waals surface area contributed by atoms with Crippen LogP contribution in [0, 0.1) is 13.8 Å². The Bertz CT molecular complexity index is 1500. The number of benzene rings is 2. The monoisotopic (exact) mass is 490 g/mol. The van der Waals surface area contributed by atoms with Gasteiger partial charge in [-0.05, 0) is 49.2 Å². The first-order valence-corrected chi connectivity index (χ1v) is 11.6. The molecule has 1 aliphatic heterocycles. The maximum absolute atomic E-state index is 13.5. The van der Waals surface area contributed by atoms with E-state index in [1.165, 1.54) is 42.8 Å². The molecule has 0 spiro atoms. The van der Waals surface area contributed by atoms with Crippen LogP contribution in [-0.2, 0) is 4.79 Å². The maximum Gasteiger partial charge on any atom is 0.296 e. The molecule has 1 amide bonds. The van der Waals surface area contributed by atoms with Crippen LogP contribution in [0.15, 0.2) is 64.5 Å². The summed E-state index contributed by atoms with van der Waals surface area (Å²) < 4.78 is 17.3. The van der Waals surface area contributed by atoms with Gasteiger partial charge in [-0.15, -0.1) is 0 Å². The third-order valence-corrected chi connectivity index (χ3v) is 6.95. The molecule has 1 aliphatic rings. The number of ketones is 1. The minimum Gasteiger partial charge on any atom is -0.503 e. The topological polar surface area (TPSA) is 102 Å². The van der Waals surface area contributed by atoms with Crippen molar-refractivity contribution < 1.29 is 28.6 Å². The second kappa shape index (κ2) is 8.59. The van der Waals surface area contributed by atoms with E-state index in [0.717, 1.165) is 21.3 Å². The number of anilines is 1. The van der Waals surface area contributed by atoms with E-state index in [-0.39, 0.29) is 11.3 Å². The lowest BCUT2D eigenvalue weighted by atomic mass is 9.94. The highest BCUT2D eigenvalue weighted by atomic mass is 32.1. The first-order valence-electron chi connectivity index (χ1n) is 10.8. The molecule has 9 heteroatoms. The second-order valence-electron chi connectivity index (χ2n) is 8.15. The average Bonchev–Trinajstić information content (AvgIpc) is 3.57. The minimum absolute atomic E-state index is 0.00355. The molecule has 0 saturated heterocycles. The predicted octanol–water partition coefficient (Wildman–Crippen LogP) is 5.31. The Morgan fingerprint density at radius 2 is 1.94 bits per heavy atom. The number of fused-ring (bicyclic) bond motifs is 1. The summed E-state index contributed by atoms with van der Waals surface area (Å²) in [6, 6.07) is 11.2. The van der Waals surface area contributed by atoms with Crippen molar-refractivity contribution in [2.24, 2.45) is 0 Å². The van der Waals surface area contributed by atoms with E-state index >= 15 is 0 Å². The van der Waals surface area contributed by atoms with Crippen LogP contribution in [0.5, 0.6) is 11.5 Å². The fraction of sp³-hybridized carbons (Fsp3) is 0.192. The first-order chi connectivity index (χ1) is 16.8. The number of methoxy groups -OCH3 is 2. The van der Waals surface area contributed by atoms with Crippen LogP contribution in [0.3, 0.4) is 0 Å². The number of aliphatic hydroxyl groups is 1. The quantitative estimate of drug-likeness (QED) is 0.366. The molecule has 8 nitrogen and oxygen atoms in total. The van der Waals surface area contributed by atoms with Crippen LogP contribution in [-0.4, -0.2) is 36.0 Å². The molecule has 0 unspecified atom stereocenters. The Hall–Kier alpha value is -4.11. The molecule has 3 heterocycles. The number of Topliss-reactive ketones (excluding diaryl/α,β-unsaturated/α-hetero) is 1. The number of carbonyl (C=O) groups excluding carboxylic acids is 2. The fourth-order valence-corrected chi connectivity index (χ4v) is 5.63. The molecule has 2 aromatic carbocycles. The first kappa shape index (κ1) is 22.7. The average molecular weight is 491 g/mol. The van der Waals surface area contributed by atoms with Crippen molar-refractivity contribution >= 4 is 38.4 Å². The third-order valence-electron chi connectivity index (χ3n) is 5.95. The molecule has 4 aromatic rings. The van der Waals surface area contributed by atoms with E-state index in [2.05, 4.69) is 0 Å². The number of hydrogen-bond donors (Lipinski definition) is 1. The van der Waals surface area contributed by atoms with Crippen LogP contribution >= 0.6 is 11.3 Å². The number of aryl methyl sites for hydroxylation is 2. The summed E-state index contributed by atoms with van der Waals surface area (Å²) in [6.45, 7) is 3.94. The number of amides is 1. The highest BCUT2D eigenvalue weighted by Gasteiger charge is 2.47. The van der Waals surface area contributed by atoms with Crippen molar-refractivity contribution in [1.82, 2.24) is 4.98 Å². The molecule has 0 radical (unpaired) electrons. The van der Waals surface area contributed by atoms with Gasteiger partial charge < -0.3 is 19.0 Å². The van der Waals surface area contributed by atoms with Gasteiger partial charge in [0.2, 0.25) is 5.78 Å². The molecule has 178 valence electrons. The number of rotatable bonds is 6. The number of hydrogen-bond acceptors (Lipinski definition) is 8. The Morgan fingerprint density at radius 3 is 2.63 bits per heavy atom. The maximum atomic E-state index is 13.5. The zero-order valence-corrected chi connectivity index (χ0v) is 20.3. The van der Waals surface area contributed by atoms with Gasteiger partial charge in [0.25, 0.3) is 5.91 Å². The van der Waals surface area contributed by atoms with Gasteiger partial charge in [-0.25, -0.2) is 4.98 Å². The van der Waals surface area contributed by atoms with Crippen molar-refractivity contribution in [3.8, 4) is 11.5 Å². The Kier molecular flexibility index (Phi) is 5.56. The van der Waals surface area contributed by atoms with E-state index in [9.17, 15) is 14.7 Å². The molecule has 5 rings (SSSR count). The van der Waals surface area contributed by atoms with E-state index in [1.807, 2.05) is 26.0 Å². The number of ether oxygens (including phenoxy) is 2. The molecule has 0 fully saturated rings. The van der Waals surface area contributed by atoms with Crippen LogP contribution < -0.4 is 14.4 Å². The molecule has 0 saturated carbocycles. The number of nitrogens with zero attached hydrogens (tertiary/aromatic N) is 2. The number of para-hydroxylation sites is 1. The number of carbonyl (C=O) groups is 2. The van der Waals surface area contributed by atoms with Crippen molar-refractivity contribution in [2.45, 2.75) is 19.9 Å². The summed E-state index contributed by atoms with van der Waals surface area (Å²) >= 11 is 1.31. The summed E-state index contributed by atoms with van der Waals surface area (Å²) in [5.41, 5.74) is 3.13. The van der Waals surface area contributed by atoms with Gasteiger partial charge in [0.15, 0.2) is 28.1 Å². The lowest BCUT2D eigenvalue weighted by Gasteiger charge is -2.26. The van der Waals surface area contributed by atoms with Gasteiger partial charge in [-0.3, -0.25) is 14.5 Å². The molecule has 0 bridgehead atoms. The lowest BCUT2D eigenvalue weighted by molar-refractivity contribution is -0.117. The van der Waals surface area contributed by atoms with E-state index in [0.29, 0.717) is 22.2 Å². The van der Waals surface area contributed by atoms with Crippen LogP contribution in [0.25, 0.3) is 10.2 Å². The number of aromatic nitrogens is 1. The van der Waals surface area contributed by atoms with Gasteiger partial charge in [-0.1, -0.05) is 29.5 Å². The van der Waals surface area contributed by atoms with Crippen LogP contribution in [0.2, 0.25) is 0 Å². The van der Waals surface area contributed by atoms with E-state index < -0.39 is 23.5 Å². The fourth-order valence-electron chi connectivity index (χ4n) is 4.46. The van der Waals surface area contributed by atoms with Gasteiger partial charge >= 0.3 is 0 Å². The summed E-state index contributed by atoms with van der Waals surface area (Å²) in [6.07, 6.45) is 1.36. The van der Waals surface area contributed by atoms with E-state index in [4.69, 9.17) is 18.9 Å². The smallest absolute Gasteiger partial charge is 0.296 e. The van der Waals surface area contributed by atoms with Crippen LogP contribution in [0.4, 0.5) is 5.13 Å². The SMILES string of the molecule is COc1cccc([C@H]2C(C(=O)c3ccco3)=C(O)C(=O)N2c2nc3c(C)cc(C)cc3s2)c1OC. The van der Waals surface area contributed by atoms with Crippen molar-refractivity contribution in [3.63, 3.8) is 0 Å². The molecular formula is C26H22N2O6S. The van der Waals surface area contributed by atoms with Gasteiger partial charge in [-0.2, -0.15) is 0 Å². The molecule has 2 aromatic heterocycles. The van der Waals surface area contributed by atoms with Gasteiger partial charge in [0, 0.05) is 5.56 Å². The zero-order chi connectivity index (χ0) is 24.9. The highest BCUT2D eigenvalue weighted by molar-refractivity contribution is 7.22. The molecule has 1 atom stereocenters. The van der Waals surface area contributed by atoms with Gasteiger partial charge in [0.05, 0.1) is 36.3 Å². The Labute approximate surface area is 205 Å². The minimum atomic E-state index is -1.02. The van der Waals surface area contributed by atoms with E-state index in [1.54, 1.807) is 24.3 Å². The van der Waals surface area contributed by atoms with Crippen molar-refractivity contribution in [1.29, 1.82) is 0 Å². The van der Waals surface area contributed by atoms with Crippen LogP contribution in [0.1, 0.15) is 33.3 Å². The number of thiazole rings is 1. The second-order valence-corrected chi connectivity index (χ2v) is 9.16. The molecule has 35 heavy (non-hydrogen) atoms. The number of aliphatic hydroxyl groups excluding tert-OH is 1. The third kappa shape index (κ3) is 3.55. The molecule has 1 N–H and O–H groups in total. The summed E-state index contributed by atoms with van der Waals surface area (Å²) in [5, 5.41) is 11.3. The molecular weight excluding hydrogens is 468 g/mol. The van der Waals surface area contributed by atoms with Crippen molar-refractivity contribution in [3.05, 3.63) is 82.5 Å². The largest absolute Gasteiger partial charge is 0.503 e. The highest BCUT2D eigenvalue weighted by Crippen LogP contribution is 2.48.